The van der Waals surface area contributed by atoms with Crippen molar-refractivity contribution in [1.29, 1.82) is 5.26 Å². The van der Waals surface area contributed by atoms with Gasteiger partial charge in [0.05, 0.1) is 30.3 Å². The highest BCUT2D eigenvalue weighted by atomic mass is 16.5. The molecular weight excluding hydrogens is 280 g/mol. The zero-order chi connectivity index (χ0) is 15.9. The summed E-state index contributed by atoms with van der Waals surface area (Å²) >= 11 is 0. The van der Waals surface area contributed by atoms with Crippen LogP contribution in [0.1, 0.15) is 37.0 Å². The van der Waals surface area contributed by atoms with Crippen LogP contribution >= 0.6 is 0 Å². The summed E-state index contributed by atoms with van der Waals surface area (Å²) in [6.45, 7) is 4.22. The number of nitriles is 1. The number of hydrogen-bond donors (Lipinski definition) is 1. The van der Waals surface area contributed by atoms with Gasteiger partial charge in [-0.15, -0.1) is 0 Å². The summed E-state index contributed by atoms with van der Waals surface area (Å²) in [5, 5.41) is 19.1. The van der Waals surface area contributed by atoms with Crippen molar-refractivity contribution in [2.45, 2.75) is 25.9 Å². The molecule has 5 heteroatoms. The lowest BCUT2D eigenvalue weighted by molar-refractivity contribution is -0.150. The molecule has 1 fully saturated rings. The molecule has 1 aromatic carbocycles. The first-order valence-electron chi connectivity index (χ1n) is 7.71. The van der Waals surface area contributed by atoms with Crippen molar-refractivity contribution >= 4 is 5.97 Å². The molecule has 0 unspecified atom stereocenters. The topological polar surface area (TPSA) is 73.6 Å². The van der Waals surface area contributed by atoms with E-state index in [1.807, 2.05) is 6.92 Å². The molecule has 1 heterocycles. The number of likely N-dealkylation sites (tertiary alicyclic amines) is 1. The minimum Gasteiger partial charge on any atom is -0.466 e. The van der Waals surface area contributed by atoms with Crippen LogP contribution in [0.2, 0.25) is 0 Å². The highest BCUT2D eigenvalue weighted by molar-refractivity contribution is 5.72. The zero-order valence-corrected chi connectivity index (χ0v) is 12.9. The summed E-state index contributed by atoms with van der Waals surface area (Å²) in [5.74, 6) is -0.234. The fraction of sp³-hybridized carbons (Fsp3) is 0.529. The lowest BCUT2D eigenvalue weighted by Crippen LogP contribution is -2.41. The van der Waals surface area contributed by atoms with E-state index in [1.165, 1.54) is 0 Å². The number of aliphatic hydroxyl groups excluding tert-OH is 1. The van der Waals surface area contributed by atoms with Gasteiger partial charge in [0.1, 0.15) is 0 Å². The van der Waals surface area contributed by atoms with Gasteiger partial charge in [-0.2, -0.15) is 5.26 Å². The summed E-state index contributed by atoms with van der Waals surface area (Å²) in [4.78, 5) is 13.9. The van der Waals surface area contributed by atoms with Crippen LogP contribution in [0, 0.1) is 17.2 Å². The number of aliphatic hydroxyl groups is 1. The summed E-state index contributed by atoms with van der Waals surface area (Å²) in [5.41, 5.74) is 1.37. The third kappa shape index (κ3) is 4.30. The number of β-amino-alcohol motifs (C(OH)–C–C–N with tert-alkyl or cyclic N) is 1. The average molecular weight is 302 g/mol. The molecule has 1 aromatic rings. The fourth-order valence-corrected chi connectivity index (χ4v) is 2.80. The second kappa shape index (κ2) is 7.92. The van der Waals surface area contributed by atoms with E-state index >= 15 is 0 Å². The predicted molar refractivity (Wildman–Crippen MR) is 81.9 cm³/mol. The predicted octanol–water partition coefficient (Wildman–Crippen LogP) is 1.87. The molecule has 118 valence electrons. The van der Waals surface area contributed by atoms with Gasteiger partial charge in [0.15, 0.2) is 0 Å². The monoisotopic (exact) mass is 302 g/mol. The molecule has 1 aliphatic heterocycles. The third-order valence-electron chi connectivity index (χ3n) is 3.98. The van der Waals surface area contributed by atoms with E-state index < -0.39 is 6.10 Å². The zero-order valence-electron chi connectivity index (χ0n) is 12.9. The van der Waals surface area contributed by atoms with Crippen molar-refractivity contribution in [3.05, 3.63) is 35.4 Å². The Morgan fingerprint density at radius 2 is 2.23 bits per heavy atom. The fourth-order valence-electron chi connectivity index (χ4n) is 2.80. The number of carbonyl (C=O) groups is 1. The van der Waals surface area contributed by atoms with E-state index in [-0.39, 0.29) is 11.9 Å². The standard InChI is InChI=1S/C17H22N2O3/c1-2-22-17(21)15-4-3-9-19(11-15)12-16(20)14-7-5-13(10-18)6-8-14/h5-8,15-16,20H,2-4,9,11-12H2,1H3/t15-,16+/m0/s1. The number of rotatable bonds is 5. The largest absolute Gasteiger partial charge is 0.466 e. The second-order valence-corrected chi connectivity index (χ2v) is 5.60. The van der Waals surface area contributed by atoms with Gasteiger partial charge in [0.2, 0.25) is 0 Å². The van der Waals surface area contributed by atoms with Crippen molar-refractivity contribution in [2.24, 2.45) is 5.92 Å². The maximum atomic E-state index is 11.8. The Hall–Kier alpha value is -1.90. The van der Waals surface area contributed by atoms with E-state index in [9.17, 15) is 9.90 Å². The number of esters is 1. The Balaban J connectivity index is 1.91. The maximum Gasteiger partial charge on any atom is 0.310 e. The molecule has 1 N–H and O–H groups in total. The summed E-state index contributed by atoms with van der Waals surface area (Å²) in [7, 11) is 0. The van der Waals surface area contributed by atoms with Crippen LogP contribution in [0.3, 0.4) is 0 Å². The molecule has 0 aromatic heterocycles. The summed E-state index contributed by atoms with van der Waals surface area (Å²) in [6.07, 6.45) is 1.17. The van der Waals surface area contributed by atoms with E-state index in [2.05, 4.69) is 11.0 Å². The van der Waals surface area contributed by atoms with Crippen molar-refractivity contribution in [3.63, 3.8) is 0 Å². The highest BCUT2D eigenvalue weighted by Crippen LogP contribution is 2.21. The number of carbonyl (C=O) groups excluding carboxylic acids is 1. The van der Waals surface area contributed by atoms with E-state index in [0.29, 0.717) is 25.3 Å². The first-order valence-corrected chi connectivity index (χ1v) is 7.71. The smallest absolute Gasteiger partial charge is 0.310 e. The summed E-state index contributed by atoms with van der Waals surface area (Å²) in [6, 6.07) is 9.02. The average Bonchev–Trinajstić information content (AvgIpc) is 2.55. The first-order chi connectivity index (χ1) is 10.6. The molecule has 0 aliphatic carbocycles. The van der Waals surface area contributed by atoms with Gasteiger partial charge in [-0.3, -0.25) is 9.69 Å². The van der Waals surface area contributed by atoms with Crippen LogP contribution < -0.4 is 0 Å². The molecule has 22 heavy (non-hydrogen) atoms. The number of benzene rings is 1. The number of hydrogen-bond acceptors (Lipinski definition) is 5. The van der Waals surface area contributed by atoms with Gasteiger partial charge >= 0.3 is 5.97 Å². The van der Waals surface area contributed by atoms with Gasteiger partial charge in [0, 0.05) is 13.1 Å². The Morgan fingerprint density at radius 3 is 2.86 bits per heavy atom. The van der Waals surface area contributed by atoms with E-state index in [4.69, 9.17) is 10.00 Å². The van der Waals surface area contributed by atoms with Gasteiger partial charge in [-0.05, 0) is 44.0 Å². The Bertz CT molecular complexity index is 536. The van der Waals surface area contributed by atoms with Crippen molar-refractivity contribution in [3.8, 4) is 6.07 Å². The van der Waals surface area contributed by atoms with Crippen molar-refractivity contribution in [2.75, 3.05) is 26.2 Å². The molecule has 1 saturated heterocycles. The molecule has 2 rings (SSSR count). The normalized spacial score (nSPS) is 20.1. The second-order valence-electron chi connectivity index (χ2n) is 5.60. The van der Waals surface area contributed by atoms with Gasteiger partial charge in [-0.25, -0.2) is 0 Å². The van der Waals surface area contributed by atoms with Crippen LogP contribution in [0.25, 0.3) is 0 Å². The molecule has 0 radical (unpaired) electrons. The molecular formula is C17H22N2O3. The maximum absolute atomic E-state index is 11.8. The van der Waals surface area contributed by atoms with E-state index in [1.54, 1.807) is 24.3 Å². The Labute approximate surface area is 131 Å². The first kappa shape index (κ1) is 16.5. The van der Waals surface area contributed by atoms with Crippen molar-refractivity contribution in [1.82, 2.24) is 4.90 Å². The molecule has 1 aliphatic rings. The van der Waals surface area contributed by atoms with Crippen LogP contribution in [0.15, 0.2) is 24.3 Å². The third-order valence-corrected chi connectivity index (χ3v) is 3.98. The quantitative estimate of drug-likeness (QED) is 0.841. The van der Waals surface area contributed by atoms with Gasteiger partial charge < -0.3 is 9.84 Å². The minimum atomic E-state index is -0.617. The van der Waals surface area contributed by atoms with Gasteiger partial charge in [0.25, 0.3) is 0 Å². The lowest BCUT2D eigenvalue weighted by Gasteiger charge is -2.32. The molecule has 2 atom stereocenters. The molecule has 0 spiro atoms. The number of ether oxygens (including phenoxy) is 1. The van der Waals surface area contributed by atoms with Gasteiger partial charge in [-0.1, -0.05) is 12.1 Å². The van der Waals surface area contributed by atoms with Crippen LogP contribution in [0.4, 0.5) is 0 Å². The highest BCUT2D eigenvalue weighted by Gasteiger charge is 2.27. The van der Waals surface area contributed by atoms with Crippen LogP contribution in [0.5, 0.6) is 0 Å². The van der Waals surface area contributed by atoms with Crippen LogP contribution in [-0.2, 0) is 9.53 Å². The lowest BCUT2D eigenvalue weighted by atomic mass is 9.97. The number of piperidine rings is 1. The molecule has 0 bridgehead atoms. The Morgan fingerprint density at radius 1 is 1.50 bits per heavy atom. The van der Waals surface area contributed by atoms with Crippen molar-refractivity contribution < 1.29 is 14.6 Å². The van der Waals surface area contributed by atoms with Crippen LogP contribution in [-0.4, -0.2) is 42.2 Å². The summed E-state index contributed by atoms with van der Waals surface area (Å²) < 4.78 is 5.09. The molecule has 0 saturated carbocycles. The van der Waals surface area contributed by atoms with E-state index in [0.717, 1.165) is 24.9 Å². The number of nitrogens with zero attached hydrogens (tertiary/aromatic N) is 2. The SMILES string of the molecule is CCOC(=O)[C@H]1CCCN(C[C@@H](O)c2ccc(C#N)cc2)C1. The Kier molecular flexibility index (Phi) is 5.93. The molecule has 5 nitrogen and oxygen atoms in total. The minimum absolute atomic E-state index is 0.0955. The molecule has 0 amide bonds.